The Morgan fingerprint density at radius 1 is 1.35 bits per heavy atom. The number of amides is 1. The molecule has 0 aliphatic carbocycles. The minimum atomic E-state index is -0.206. The number of hydrogen-bond acceptors (Lipinski definition) is 5. The predicted molar refractivity (Wildman–Crippen MR) is 94.3 cm³/mol. The molecule has 0 saturated carbocycles. The molecule has 0 atom stereocenters. The van der Waals surface area contributed by atoms with Gasteiger partial charge in [0.15, 0.2) is 0 Å². The molecule has 0 radical (unpaired) electrons. The van der Waals surface area contributed by atoms with Gasteiger partial charge in [-0.25, -0.2) is 9.78 Å². The largest absolute Gasteiger partial charge is 0.448 e. The van der Waals surface area contributed by atoms with Crippen LogP contribution in [-0.2, 0) is 11.2 Å². The summed E-state index contributed by atoms with van der Waals surface area (Å²) in [6.45, 7) is 4.03. The van der Waals surface area contributed by atoms with Gasteiger partial charge in [0.1, 0.15) is 6.61 Å². The van der Waals surface area contributed by atoms with Crippen LogP contribution < -0.4 is 0 Å². The molecule has 0 unspecified atom stereocenters. The van der Waals surface area contributed by atoms with Gasteiger partial charge < -0.3 is 9.64 Å². The van der Waals surface area contributed by atoms with Gasteiger partial charge in [-0.05, 0) is 23.9 Å². The maximum atomic E-state index is 11.5. The zero-order valence-electron chi connectivity index (χ0n) is 12.7. The van der Waals surface area contributed by atoms with E-state index in [2.05, 4.69) is 36.6 Å². The van der Waals surface area contributed by atoms with Crippen molar-refractivity contribution in [2.45, 2.75) is 13.3 Å². The minimum absolute atomic E-state index is 0.206. The van der Waals surface area contributed by atoms with Gasteiger partial charge in [0.25, 0.3) is 0 Å². The molecule has 4 nitrogen and oxygen atoms in total. The highest BCUT2D eigenvalue weighted by molar-refractivity contribution is 7.22. The number of benzene rings is 1. The van der Waals surface area contributed by atoms with Crippen LogP contribution in [-0.4, -0.2) is 35.7 Å². The third-order valence-corrected chi connectivity index (χ3v) is 6.27. The summed E-state index contributed by atoms with van der Waals surface area (Å²) in [7, 11) is 0. The van der Waals surface area contributed by atoms with Crippen LogP contribution >= 0.6 is 22.7 Å². The Hall–Kier alpha value is -1.92. The second-order valence-electron chi connectivity index (χ2n) is 5.53. The van der Waals surface area contributed by atoms with Crippen LogP contribution in [0.1, 0.15) is 10.6 Å². The van der Waals surface area contributed by atoms with Gasteiger partial charge in [-0.15, -0.1) is 22.7 Å². The summed E-state index contributed by atoms with van der Waals surface area (Å²) in [5, 5.41) is 4.49. The van der Waals surface area contributed by atoms with E-state index in [4.69, 9.17) is 9.72 Å². The molecule has 1 amide bonds. The summed E-state index contributed by atoms with van der Waals surface area (Å²) in [4.78, 5) is 19.2. The quantitative estimate of drug-likeness (QED) is 0.707. The molecule has 0 N–H and O–H groups in total. The molecule has 3 heterocycles. The van der Waals surface area contributed by atoms with Gasteiger partial charge in [0, 0.05) is 23.0 Å². The number of cyclic esters (lactones) is 1. The van der Waals surface area contributed by atoms with E-state index in [1.807, 2.05) is 0 Å². The smallest absolute Gasteiger partial charge is 0.409 e. The summed E-state index contributed by atoms with van der Waals surface area (Å²) in [5.41, 5.74) is 2.35. The second kappa shape index (κ2) is 5.94. The van der Waals surface area contributed by atoms with Crippen molar-refractivity contribution in [2.75, 3.05) is 19.7 Å². The molecule has 1 aliphatic heterocycles. The van der Waals surface area contributed by atoms with Crippen molar-refractivity contribution in [3.05, 3.63) is 40.2 Å². The number of aryl methyl sites for hydroxylation is 1. The van der Waals surface area contributed by atoms with E-state index in [0.717, 1.165) is 17.1 Å². The maximum Gasteiger partial charge on any atom is 0.409 e. The molecule has 1 aromatic carbocycles. The fourth-order valence-electron chi connectivity index (χ4n) is 2.81. The van der Waals surface area contributed by atoms with Gasteiger partial charge in [0.2, 0.25) is 0 Å². The van der Waals surface area contributed by atoms with Crippen molar-refractivity contribution in [2.24, 2.45) is 0 Å². The van der Waals surface area contributed by atoms with Crippen LogP contribution in [0.25, 0.3) is 20.7 Å². The van der Waals surface area contributed by atoms with Gasteiger partial charge >= 0.3 is 6.09 Å². The van der Waals surface area contributed by atoms with Crippen LogP contribution in [0, 0.1) is 6.92 Å². The molecule has 118 valence electrons. The van der Waals surface area contributed by atoms with Gasteiger partial charge in [0.05, 0.1) is 22.1 Å². The molecule has 0 spiro atoms. The molecule has 4 rings (SSSR count). The average Bonchev–Trinajstić information content (AvgIpc) is 3.25. The first-order chi connectivity index (χ1) is 11.2. The highest BCUT2D eigenvalue weighted by Crippen LogP contribution is 2.38. The van der Waals surface area contributed by atoms with Crippen LogP contribution in [0.5, 0.6) is 0 Å². The Kier molecular flexibility index (Phi) is 3.79. The van der Waals surface area contributed by atoms with E-state index in [-0.39, 0.29) is 6.09 Å². The van der Waals surface area contributed by atoms with E-state index in [9.17, 15) is 4.79 Å². The summed E-state index contributed by atoms with van der Waals surface area (Å²) < 4.78 is 6.25. The van der Waals surface area contributed by atoms with E-state index < -0.39 is 0 Å². The Morgan fingerprint density at radius 3 is 3.00 bits per heavy atom. The summed E-state index contributed by atoms with van der Waals surface area (Å²) in [5.74, 6) is 0. The normalized spacial score (nSPS) is 14.7. The van der Waals surface area contributed by atoms with Crippen molar-refractivity contribution in [3.8, 4) is 10.6 Å². The van der Waals surface area contributed by atoms with E-state index >= 15 is 0 Å². The van der Waals surface area contributed by atoms with Gasteiger partial charge in [-0.1, -0.05) is 18.2 Å². The first-order valence-corrected chi connectivity index (χ1v) is 9.26. The molecule has 1 aliphatic rings. The van der Waals surface area contributed by atoms with Crippen molar-refractivity contribution >= 4 is 38.9 Å². The molecular formula is C17H16N2O2S2. The van der Waals surface area contributed by atoms with Crippen LogP contribution in [0.2, 0.25) is 0 Å². The minimum Gasteiger partial charge on any atom is -0.448 e. The molecule has 1 fully saturated rings. The van der Waals surface area contributed by atoms with Crippen LogP contribution in [0.4, 0.5) is 4.79 Å². The highest BCUT2D eigenvalue weighted by Gasteiger charge is 2.21. The number of nitrogens with zero attached hydrogens (tertiary/aromatic N) is 2. The highest BCUT2D eigenvalue weighted by atomic mass is 32.1. The molecule has 3 aromatic rings. The monoisotopic (exact) mass is 344 g/mol. The van der Waals surface area contributed by atoms with Crippen molar-refractivity contribution in [1.82, 2.24) is 9.88 Å². The zero-order chi connectivity index (χ0) is 15.8. The number of aromatic nitrogens is 1. The Balaban J connectivity index is 1.54. The topological polar surface area (TPSA) is 42.4 Å². The number of rotatable bonds is 4. The number of thiazole rings is 1. The van der Waals surface area contributed by atoms with Crippen LogP contribution in [0.15, 0.2) is 29.6 Å². The lowest BCUT2D eigenvalue weighted by atomic mass is 10.1. The molecule has 1 saturated heterocycles. The Bertz CT molecular complexity index is 868. The Labute approximate surface area is 142 Å². The van der Waals surface area contributed by atoms with E-state index in [0.29, 0.717) is 19.7 Å². The SMILES string of the molecule is Cc1c(-c2csc(CCN3CCOC3=O)n2)sc2ccccc12. The van der Waals surface area contributed by atoms with Crippen molar-refractivity contribution in [1.29, 1.82) is 0 Å². The maximum absolute atomic E-state index is 11.5. The Morgan fingerprint density at radius 2 is 2.22 bits per heavy atom. The third-order valence-electron chi connectivity index (χ3n) is 4.07. The standard InChI is InChI=1S/C17H16N2O2S2/c1-11-12-4-2-3-5-14(12)23-16(11)13-10-22-15(18-13)6-7-19-8-9-21-17(19)20/h2-5,10H,6-9H2,1H3. The van der Waals surface area contributed by atoms with Crippen LogP contribution in [0.3, 0.4) is 0 Å². The van der Waals surface area contributed by atoms with E-state index in [1.54, 1.807) is 27.6 Å². The second-order valence-corrected chi connectivity index (χ2v) is 7.53. The number of hydrogen-bond donors (Lipinski definition) is 0. The zero-order valence-corrected chi connectivity index (χ0v) is 14.4. The predicted octanol–water partition coefficient (Wildman–Crippen LogP) is 4.33. The van der Waals surface area contributed by atoms with Crippen molar-refractivity contribution in [3.63, 3.8) is 0 Å². The lowest BCUT2D eigenvalue weighted by Gasteiger charge is -2.10. The average molecular weight is 344 g/mol. The number of ether oxygens (including phenoxy) is 1. The molecule has 0 bridgehead atoms. The molecule has 6 heteroatoms. The van der Waals surface area contributed by atoms with Gasteiger partial charge in [-0.3, -0.25) is 0 Å². The lowest BCUT2D eigenvalue weighted by molar-refractivity contribution is 0.159. The fourth-order valence-corrected chi connectivity index (χ4v) is 4.83. The number of fused-ring (bicyclic) bond motifs is 1. The summed E-state index contributed by atoms with van der Waals surface area (Å²) in [6, 6.07) is 8.47. The first kappa shape index (κ1) is 14.7. The molecule has 23 heavy (non-hydrogen) atoms. The lowest BCUT2D eigenvalue weighted by Crippen LogP contribution is -2.26. The number of carbonyl (C=O) groups excluding carboxylic acids is 1. The number of thiophene rings is 1. The van der Waals surface area contributed by atoms with E-state index in [1.165, 1.54) is 20.5 Å². The third kappa shape index (κ3) is 2.72. The fraction of sp³-hybridized carbons (Fsp3) is 0.294. The number of carbonyl (C=O) groups is 1. The molecular weight excluding hydrogens is 328 g/mol. The summed E-state index contributed by atoms with van der Waals surface area (Å²) >= 11 is 3.46. The van der Waals surface area contributed by atoms with Gasteiger partial charge in [-0.2, -0.15) is 0 Å². The van der Waals surface area contributed by atoms with Crippen molar-refractivity contribution < 1.29 is 9.53 Å². The first-order valence-electron chi connectivity index (χ1n) is 7.57. The summed E-state index contributed by atoms with van der Waals surface area (Å²) in [6.07, 6.45) is 0.575. The molecule has 2 aromatic heterocycles.